The second kappa shape index (κ2) is 7.96. The number of benzene rings is 2. The van der Waals surface area contributed by atoms with E-state index < -0.39 is 12.1 Å². The van der Waals surface area contributed by atoms with E-state index in [4.69, 9.17) is 4.74 Å². The van der Waals surface area contributed by atoms with Gasteiger partial charge in [0.2, 0.25) is 0 Å². The predicted molar refractivity (Wildman–Crippen MR) is 93.0 cm³/mol. The second-order valence-electron chi connectivity index (χ2n) is 5.50. The Hall–Kier alpha value is -3.35. The summed E-state index contributed by atoms with van der Waals surface area (Å²) in [5.74, 6) is -1.57. The van der Waals surface area contributed by atoms with Crippen molar-refractivity contribution >= 4 is 29.3 Å². The maximum absolute atomic E-state index is 12.2. The van der Waals surface area contributed by atoms with E-state index in [-0.39, 0.29) is 28.9 Å². The molecule has 2 rings (SSSR count). The minimum Gasteiger partial charge on any atom is -0.478 e. The van der Waals surface area contributed by atoms with Gasteiger partial charge in [-0.05, 0) is 44.2 Å². The van der Waals surface area contributed by atoms with Crippen molar-refractivity contribution in [2.45, 2.75) is 20.0 Å². The van der Waals surface area contributed by atoms with E-state index in [1.54, 1.807) is 44.2 Å². The number of nitrogens with one attached hydrogen (secondary N) is 2. The van der Waals surface area contributed by atoms with Crippen molar-refractivity contribution in [2.24, 2.45) is 0 Å². The highest BCUT2D eigenvalue weighted by atomic mass is 16.6. The van der Waals surface area contributed by atoms with Crippen LogP contribution in [-0.4, -0.2) is 29.2 Å². The van der Waals surface area contributed by atoms with Crippen LogP contribution in [0.4, 0.5) is 16.2 Å². The van der Waals surface area contributed by atoms with Crippen molar-refractivity contribution in [3.8, 4) is 0 Å². The summed E-state index contributed by atoms with van der Waals surface area (Å²) in [7, 11) is 0. The molecule has 0 aliphatic carbocycles. The topological polar surface area (TPSA) is 105 Å². The molecular weight excluding hydrogens is 324 g/mol. The molecule has 2 aromatic rings. The molecule has 7 heteroatoms. The second-order valence-corrected chi connectivity index (χ2v) is 5.50. The van der Waals surface area contributed by atoms with Gasteiger partial charge in [0.05, 0.1) is 11.7 Å². The van der Waals surface area contributed by atoms with Gasteiger partial charge in [-0.3, -0.25) is 10.1 Å². The summed E-state index contributed by atoms with van der Waals surface area (Å²) in [6.45, 7) is 3.39. The van der Waals surface area contributed by atoms with Gasteiger partial charge in [0.15, 0.2) is 0 Å². The summed E-state index contributed by atoms with van der Waals surface area (Å²) < 4.78 is 4.96. The third-order valence-electron chi connectivity index (χ3n) is 3.06. The Morgan fingerprint density at radius 2 is 1.52 bits per heavy atom. The lowest BCUT2D eigenvalue weighted by Gasteiger charge is -2.12. The molecule has 0 unspecified atom stereocenters. The Kier molecular flexibility index (Phi) is 5.73. The summed E-state index contributed by atoms with van der Waals surface area (Å²) in [5.41, 5.74) is 0.796. The highest BCUT2D eigenvalue weighted by Gasteiger charge is 2.13. The Balaban J connectivity index is 2.23. The van der Waals surface area contributed by atoms with E-state index in [9.17, 15) is 19.5 Å². The first kappa shape index (κ1) is 18.0. The first-order valence-corrected chi connectivity index (χ1v) is 7.57. The summed E-state index contributed by atoms with van der Waals surface area (Å²) in [4.78, 5) is 35.2. The molecule has 0 aliphatic rings. The molecule has 0 spiro atoms. The molecule has 0 fully saturated rings. The van der Waals surface area contributed by atoms with Crippen LogP contribution < -0.4 is 10.6 Å². The lowest BCUT2D eigenvalue weighted by molar-refractivity contribution is 0.0696. The monoisotopic (exact) mass is 342 g/mol. The summed E-state index contributed by atoms with van der Waals surface area (Å²) in [6, 6.07) is 12.5. The molecule has 0 bridgehead atoms. The SMILES string of the molecule is CC(C)OC(=O)Nc1cc(NC(=O)c2ccccc2)cc(C(=O)O)c1. The smallest absolute Gasteiger partial charge is 0.411 e. The fourth-order valence-electron chi connectivity index (χ4n) is 2.05. The van der Waals surface area contributed by atoms with Crippen LogP contribution in [0.25, 0.3) is 0 Å². The van der Waals surface area contributed by atoms with Crippen molar-refractivity contribution < 1.29 is 24.2 Å². The largest absolute Gasteiger partial charge is 0.478 e. The number of aromatic carboxylic acids is 1. The van der Waals surface area contributed by atoms with Gasteiger partial charge >= 0.3 is 12.1 Å². The Labute approximate surface area is 144 Å². The van der Waals surface area contributed by atoms with Crippen molar-refractivity contribution in [1.29, 1.82) is 0 Å². The van der Waals surface area contributed by atoms with Crippen LogP contribution in [0, 0.1) is 0 Å². The average molecular weight is 342 g/mol. The van der Waals surface area contributed by atoms with E-state index in [2.05, 4.69) is 10.6 Å². The maximum Gasteiger partial charge on any atom is 0.411 e. The molecule has 25 heavy (non-hydrogen) atoms. The quantitative estimate of drug-likeness (QED) is 0.770. The number of carbonyl (C=O) groups is 3. The van der Waals surface area contributed by atoms with Crippen LogP contribution in [-0.2, 0) is 4.74 Å². The summed E-state index contributed by atoms with van der Waals surface area (Å²) >= 11 is 0. The van der Waals surface area contributed by atoms with Crippen LogP contribution >= 0.6 is 0 Å². The van der Waals surface area contributed by atoms with Gasteiger partial charge in [-0.15, -0.1) is 0 Å². The van der Waals surface area contributed by atoms with Gasteiger partial charge in [0.1, 0.15) is 0 Å². The van der Waals surface area contributed by atoms with Crippen molar-refractivity contribution in [3.05, 3.63) is 59.7 Å². The Morgan fingerprint density at radius 1 is 0.920 bits per heavy atom. The molecule has 0 aliphatic heterocycles. The molecule has 7 nitrogen and oxygen atoms in total. The zero-order valence-corrected chi connectivity index (χ0v) is 13.8. The number of anilines is 2. The van der Waals surface area contributed by atoms with Gasteiger partial charge in [0, 0.05) is 16.9 Å². The molecular formula is C18H18N2O5. The lowest BCUT2D eigenvalue weighted by atomic mass is 10.1. The third-order valence-corrected chi connectivity index (χ3v) is 3.06. The Bertz CT molecular complexity index is 787. The number of carbonyl (C=O) groups excluding carboxylic acids is 2. The minimum absolute atomic E-state index is 0.0780. The van der Waals surface area contributed by atoms with Crippen molar-refractivity contribution in [3.63, 3.8) is 0 Å². The normalized spacial score (nSPS) is 10.2. The molecule has 0 saturated carbocycles. The van der Waals surface area contributed by atoms with E-state index >= 15 is 0 Å². The van der Waals surface area contributed by atoms with Crippen molar-refractivity contribution in [1.82, 2.24) is 0 Å². The van der Waals surface area contributed by atoms with Gasteiger partial charge in [-0.25, -0.2) is 9.59 Å². The molecule has 0 atom stereocenters. The van der Waals surface area contributed by atoms with Crippen LogP contribution in [0.3, 0.4) is 0 Å². The standard InChI is InChI=1S/C18H18N2O5/c1-11(2)25-18(24)20-15-9-13(17(22)23)8-14(10-15)19-16(21)12-6-4-3-5-7-12/h3-11H,1-2H3,(H,19,21)(H,20,24)(H,22,23). The highest BCUT2D eigenvalue weighted by molar-refractivity contribution is 6.05. The van der Waals surface area contributed by atoms with Crippen LogP contribution in [0.5, 0.6) is 0 Å². The number of carboxylic acid groups (broad SMARTS) is 1. The van der Waals surface area contributed by atoms with Crippen molar-refractivity contribution in [2.75, 3.05) is 10.6 Å². The number of rotatable bonds is 5. The van der Waals surface area contributed by atoms with Crippen LogP contribution in [0.15, 0.2) is 48.5 Å². The maximum atomic E-state index is 12.2. The number of amides is 2. The lowest BCUT2D eigenvalue weighted by Crippen LogP contribution is -2.19. The number of hydrogen-bond acceptors (Lipinski definition) is 4. The molecule has 0 aromatic heterocycles. The van der Waals surface area contributed by atoms with Gasteiger partial charge in [-0.1, -0.05) is 18.2 Å². The molecule has 3 N–H and O–H groups in total. The van der Waals surface area contributed by atoms with E-state index in [0.29, 0.717) is 5.56 Å². The predicted octanol–water partition coefficient (Wildman–Crippen LogP) is 3.59. The Morgan fingerprint density at radius 3 is 2.08 bits per heavy atom. The van der Waals surface area contributed by atoms with Gasteiger partial charge in [0.25, 0.3) is 5.91 Å². The summed E-state index contributed by atoms with van der Waals surface area (Å²) in [5, 5.41) is 14.3. The first-order valence-electron chi connectivity index (χ1n) is 7.57. The summed E-state index contributed by atoms with van der Waals surface area (Å²) in [6.07, 6.45) is -1.03. The molecule has 2 aromatic carbocycles. The van der Waals surface area contributed by atoms with E-state index in [1.165, 1.54) is 18.2 Å². The fraction of sp³-hybridized carbons (Fsp3) is 0.167. The van der Waals surface area contributed by atoms with Gasteiger partial charge < -0.3 is 15.2 Å². The molecule has 0 radical (unpaired) electrons. The number of hydrogen-bond donors (Lipinski definition) is 3. The molecule has 0 heterocycles. The zero-order valence-electron chi connectivity index (χ0n) is 13.8. The number of carboxylic acids is 1. The molecule has 2 amide bonds. The third kappa shape index (κ3) is 5.35. The molecule has 0 saturated heterocycles. The van der Waals surface area contributed by atoms with E-state index in [0.717, 1.165) is 0 Å². The highest BCUT2D eigenvalue weighted by Crippen LogP contribution is 2.20. The average Bonchev–Trinajstić information content (AvgIpc) is 2.54. The molecule has 130 valence electrons. The minimum atomic E-state index is -1.18. The van der Waals surface area contributed by atoms with E-state index in [1.807, 2.05) is 0 Å². The van der Waals surface area contributed by atoms with Crippen LogP contribution in [0.1, 0.15) is 34.6 Å². The first-order chi connectivity index (χ1) is 11.8. The number of ether oxygens (including phenoxy) is 1. The van der Waals surface area contributed by atoms with Gasteiger partial charge in [-0.2, -0.15) is 0 Å². The van der Waals surface area contributed by atoms with Crippen LogP contribution in [0.2, 0.25) is 0 Å². The fourth-order valence-corrected chi connectivity index (χ4v) is 2.05. The zero-order chi connectivity index (χ0) is 18.4.